The zero-order valence-corrected chi connectivity index (χ0v) is 13.7. The minimum Gasteiger partial charge on any atom is -0.305 e. The Balaban J connectivity index is 2.25. The summed E-state index contributed by atoms with van der Waals surface area (Å²) in [7, 11) is 0. The lowest BCUT2D eigenvalue weighted by atomic mass is 10.00. The summed E-state index contributed by atoms with van der Waals surface area (Å²) < 4.78 is 1.01. The summed E-state index contributed by atoms with van der Waals surface area (Å²) in [6, 6.07) is 13.1. The van der Waals surface area contributed by atoms with Crippen LogP contribution in [0.15, 0.2) is 47.1 Å². The molecule has 0 radical (unpaired) electrons. The van der Waals surface area contributed by atoms with E-state index in [0.717, 1.165) is 23.1 Å². The largest absolute Gasteiger partial charge is 0.305 e. The van der Waals surface area contributed by atoms with E-state index < -0.39 is 0 Å². The molecule has 1 aromatic carbocycles. The topological polar surface area (TPSA) is 24.9 Å². The van der Waals surface area contributed by atoms with E-state index in [1.54, 1.807) is 0 Å². The molecule has 1 N–H and O–H groups in total. The molecule has 20 heavy (non-hydrogen) atoms. The van der Waals surface area contributed by atoms with Crippen LogP contribution in [0.5, 0.6) is 0 Å². The number of nitrogens with zero attached hydrogens (tertiary/aromatic N) is 1. The Morgan fingerprint density at radius 1 is 1.10 bits per heavy atom. The van der Waals surface area contributed by atoms with Crippen molar-refractivity contribution in [3.8, 4) is 0 Å². The Morgan fingerprint density at radius 3 is 2.40 bits per heavy atom. The minimum atomic E-state index is 0.156. The molecule has 0 spiro atoms. The maximum Gasteiger partial charge on any atom is 0.0751 e. The molecule has 0 saturated carbocycles. The lowest BCUT2D eigenvalue weighted by molar-refractivity contribution is 0.615. The first-order chi connectivity index (χ1) is 9.74. The molecule has 0 aliphatic rings. The van der Waals surface area contributed by atoms with Crippen LogP contribution in [0.3, 0.4) is 0 Å². The molecule has 1 aromatic heterocycles. The highest BCUT2D eigenvalue weighted by molar-refractivity contribution is 9.10. The number of hydrogen-bond donors (Lipinski definition) is 1. The molecule has 2 nitrogen and oxygen atoms in total. The number of hydrogen-bond acceptors (Lipinski definition) is 2. The zero-order chi connectivity index (χ0) is 14.4. The van der Waals surface area contributed by atoms with Crippen molar-refractivity contribution in [2.45, 2.75) is 32.7 Å². The fourth-order valence-electron chi connectivity index (χ4n) is 2.32. The van der Waals surface area contributed by atoms with Gasteiger partial charge in [0.05, 0.1) is 11.7 Å². The second-order valence-electron chi connectivity index (χ2n) is 4.88. The molecule has 0 bridgehead atoms. The smallest absolute Gasteiger partial charge is 0.0751 e. The number of aromatic nitrogens is 1. The van der Waals surface area contributed by atoms with E-state index >= 15 is 0 Å². The highest BCUT2D eigenvalue weighted by atomic mass is 79.9. The maximum atomic E-state index is 4.52. The Labute approximate surface area is 129 Å². The molecule has 106 valence electrons. The first-order valence-electron chi connectivity index (χ1n) is 7.18. The minimum absolute atomic E-state index is 0.156. The Morgan fingerprint density at radius 2 is 1.85 bits per heavy atom. The third-order valence-electron chi connectivity index (χ3n) is 3.31. The maximum absolute atomic E-state index is 4.52. The normalized spacial score (nSPS) is 12.3. The van der Waals surface area contributed by atoms with E-state index in [4.69, 9.17) is 0 Å². The molecule has 1 unspecified atom stereocenters. The predicted octanol–water partition coefficient (Wildman–Crippen LogP) is 4.50. The van der Waals surface area contributed by atoms with E-state index in [0.29, 0.717) is 0 Å². The van der Waals surface area contributed by atoms with Gasteiger partial charge in [-0.1, -0.05) is 44.5 Å². The van der Waals surface area contributed by atoms with Crippen LogP contribution >= 0.6 is 15.9 Å². The summed E-state index contributed by atoms with van der Waals surface area (Å²) in [6.07, 6.45) is 4.18. The van der Waals surface area contributed by atoms with Crippen molar-refractivity contribution in [2.75, 3.05) is 6.54 Å². The van der Waals surface area contributed by atoms with Crippen LogP contribution < -0.4 is 5.32 Å². The van der Waals surface area contributed by atoms with Crippen LogP contribution in [0.4, 0.5) is 0 Å². The van der Waals surface area contributed by atoms with E-state index in [1.165, 1.54) is 17.5 Å². The number of aryl methyl sites for hydroxylation is 1. The first-order valence-corrected chi connectivity index (χ1v) is 7.97. The highest BCUT2D eigenvalue weighted by Crippen LogP contribution is 2.22. The molecule has 3 heteroatoms. The zero-order valence-electron chi connectivity index (χ0n) is 12.1. The van der Waals surface area contributed by atoms with Gasteiger partial charge in [0.15, 0.2) is 0 Å². The average Bonchev–Trinajstić information content (AvgIpc) is 2.47. The molecular weight excluding hydrogens is 312 g/mol. The molecule has 0 aliphatic heterocycles. The van der Waals surface area contributed by atoms with Crippen LogP contribution in [-0.2, 0) is 6.42 Å². The molecule has 1 atom stereocenters. The lowest BCUT2D eigenvalue weighted by Crippen LogP contribution is -2.22. The molecule has 2 aromatic rings. The number of halogens is 1. The van der Waals surface area contributed by atoms with Gasteiger partial charge in [-0.25, -0.2) is 0 Å². The lowest BCUT2D eigenvalue weighted by Gasteiger charge is -2.18. The number of pyridine rings is 1. The van der Waals surface area contributed by atoms with Crippen molar-refractivity contribution in [1.29, 1.82) is 0 Å². The van der Waals surface area contributed by atoms with Gasteiger partial charge in [0.1, 0.15) is 0 Å². The van der Waals surface area contributed by atoms with Gasteiger partial charge in [-0.2, -0.15) is 0 Å². The predicted molar refractivity (Wildman–Crippen MR) is 87.9 cm³/mol. The second-order valence-corrected chi connectivity index (χ2v) is 5.80. The molecular formula is C17H21BrN2. The van der Waals surface area contributed by atoms with E-state index in [2.05, 4.69) is 70.4 Å². The fraction of sp³-hybridized carbons (Fsp3) is 0.353. The summed E-state index contributed by atoms with van der Waals surface area (Å²) in [5.74, 6) is 0. The van der Waals surface area contributed by atoms with Gasteiger partial charge in [0.2, 0.25) is 0 Å². The SMILES string of the molecule is CCCc1ccc(C(NCC)c2ccc(Br)cn2)cc1. The monoisotopic (exact) mass is 332 g/mol. The van der Waals surface area contributed by atoms with Crippen molar-refractivity contribution in [3.63, 3.8) is 0 Å². The number of benzene rings is 1. The van der Waals surface area contributed by atoms with Gasteiger partial charge in [-0.05, 0) is 52.2 Å². The van der Waals surface area contributed by atoms with Gasteiger partial charge in [-0.15, -0.1) is 0 Å². The van der Waals surface area contributed by atoms with Gasteiger partial charge in [0.25, 0.3) is 0 Å². The first kappa shape index (κ1) is 15.2. The van der Waals surface area contributed by atoms with Crippen LogP contribution in [0.2, 0.25) is 0 Å². The van der Waals surface area contributed by atoms with Gasteiger partial charge < -0.3 is 5.32 Å². The molecule has 0 saturated heterocycles. The molecule has 2 rings (SSSR count). The third kappa shape index (κ3) is 3.90. The summed E-state index contributed by atoms with van der Waals surface area (Å²) in [5, 5.41) is 3.51. The number of rotatable bonds is 6. The van der Waals surface area contributed by atoms with Crippen LogP contribution in [-0.4, -0.2) is 11.5 Å². The highest BCUT2D eigenvalue weighted by Gasteiger charge is 2.14. The molecule has 0 fully saturated rings. The molecule has 0 aliphatic carbocycles. The van der Waals surface area contributed by atoms with E-state index in [9.17, 15) is 0 Å². The molecule has 1 heterocycles. The summed E-state index contributed by atoms with van der Waals surface area (Å²) in [6.45, 7) is 5.25. The van der Waals surface area contributed by atoms with Crippen molar-refractivity contribution in [3.05, 3.63) is 63.9 Å². The van der Waals surface area contributed by atoms with Crippen molar-refractivity contribution in [1.82, 2.24) is 10.3 Å². The summed E-state index contributed by atoms with van der Waals surface area (Å²) in [5.41, 5.74) is 3.72. The standard InChI is InChI=1S/C17H21BrN2/c1-3-5-13-6-8-14(9-7-13)17(19-4-2)16-11-10-15(18)12-20-16/h6-12,17,19H,3-5H2,1-2H3. The summed E-state index contributed by atoms with van der Waals surface area (Å²) in [4.78, 5) is 4.52. The van der Waals surface area contributed by atoms with Gasteiger partial charge in [-0.3, -0.25) is 4.98 Å². The van der Waals surface area contributed by atoms with E-state index in [-0.39, 0.29) is 6.04 Å². The average molecular weight is 333 g/mol. The van der Waals surface area contributed by atoms with Crippen molar-refractivity contribution in [2.24, 2.45) is 0 Å². The van der Waals surface area contributed by atoms with Crippen molar-refractivity contribution < 1.29 is 0 Å². The van der Waals surface area contributed by atoms with Crippen LogP contribution in [0.25, 0.3) is 0 Å². The summed E-state index contributed by atoms with van der Waals surface area (Å²) >= 11 is 3.43. The van der Waals surface area contributed by atoms with E-state index in [1.807, 2.05) is 12.3 Å². The fourth-order valence-corrected chi connectivity index (χ4v) is 2.56. The third-order valence-corrected chi connectivity index (χ3v) is 3.78. The second kappa shape index (κ2) is 7.55. The van der Waals surface area contributed by atoms with Gasteiger partial charge >= 0.3 is 0 Å². The number of nitrogens with one attached hydrogen (secondary N) is 1. The van der Waals surface area contributed by atoms with Crippen LogP contribution in [0.1, 0.15) is 43.1 Å². The Hall–Kier alpha value is -1.19. The Bertz CT molecular complexity index is 520. The Kier molecular flexibility index (Phi) is 5.74. The van der Waals surface area contributed by atoms with Crippen molar-refractivity contribution >= 4 is 15.9 Å². The quantitative estimate of drug-likeness (QED) is 0.842. The van der Waals surface area contributed by atoms with Crippen LogP contribution in [0, 0.1) is 0 Å². The van der Waals surface area contributed by atoms with Gasteiger partial charge in [0, 0.05) is 10.7 Å². The molecule has 0 amide bonds.